The number of hydrogen-bond donors (Lipinski definition) is 3. The van der Waals surface area contributed by atoms with Gasteiger partial charge in [-0.1, -0.05) is 0 Å². The average molecular weight is 444 g/mol. The smallest absolute Gasteiger partial charge is 0.410 e. The van der Waals surface area contributed by atoms with Crippen LogP contribution in [0, 0.1) is 0 Å². The van der Waals surface area contributed by atoms with Gasteiger partial charge in [-0.25, -0.2) is 14.4 Å². The predicted molar refractivity (Wildman–Crippen MR) is 113 cm³/mol. The van der Waals surface area contributed by atoms with Crippen molar-refractivity contribution in [2.45, 2.75) is 89.1 Å². The molecular weight excluding hydrogens is 406 g/mol. The number of carbonyl (C=O) groups excluding carboxylic acids is 2. The van der Waals surface area contributed by atoms with Gasteiger partial charge in [0, 0.05) is 19.1 Å². The van der Waals surface area contributed by atoms with Gasteiger partial charge in [-0.2, -0.15) is 0 Å². The molecule has 0 aromatic heterocycles. The van der Waals surface area contributed by atoms with Crippen LogP contribution < -0.4 is 10.6 Å². The summed E-state index contributed by atoms with van der Waals surface area (Å²) in [6, 6.07) is -0.0155. The van der Waals surface area contributed by atoms with Gasteiger partial charge >= 0.3 is 18.2 Å². The monoisotopic (exact) mass is 443 g/mol. The van der Waals surface area contributed by atoms with E-state index in [-0.39, 0.29) is 24.2 Å². The Bertz CT molecular complexity index is 615. The van der Waals surface area contributed by atoms with Crippen molar-refractivity contribution in [1.82, 2.24) is 15.5 Å². The highest BCUT2D eigenvalue weighted by molar-refractivity contribution is 5.74. The van der Waals surface area contributed by atoms with Crippen molar-refractivity contribution in [2.75, 3.05) is 26.8 Å². The second kappa shape index (κ2) is 11.5. The molecule has 0 aromatic rings. The van der Waals surface area contributed by atoms with Gasteiger partial charge < -0.3 is 34.9 Å². The molecule has 10 nitrogen and oxygen atoms in total. The van der Waals surface area contributed by atoms with Crippen LogP contribution in [0.5, 0.6) is 0 Å². The Balaban J connectivity index is 1.74. The van der Waals surface area contributed by atoms with Gasteiger partial charge in [0.15, 0.2) is 6.61 Å². The Kier molecular flexibility index (Phi) is 9.36. The van der Waals surface area contributed by atoms with Crippen molar-refractivity contribution in [3.8, 4) is 0 Å². The molecule has 2 amide bonds. The molecule has 31 heavy (non-hydrogen) atoms. The quantitative estimate of drug-likeness (QED) is 0.546. The first-order chi connectivity index (χ1) is 14.5. The van der Waals surface area contributed by atoms with Gasteiger partial charge in [0.1, 0.15) is 5.60 Å². The van der Waals surface area contributed by atoms with E-state index >= 15 is 0 Å². The SMILES string of the molecule is CN(C(=O)OCC(=O)O)C1CCC(OC[C@@H]2NCCC[C@@H]2NC(=O)OC(C)(C)C)CC1. The van der Waals surface area contributed by atoms with Crippen LogP contribution in [0.3, 0.4) is 0 Å². The molecule has 0 unspecified atom stereocenters. The van der Waals surface area contributed by atoms with Crippen LogP contribution in [0.1, 0.15) is 59.3 Å². The zero-order chi connectivity index (χ0) is 23.0. The molecule has 0 bridgehead atoms. The lowest BCUT2D eigenvalue weighted by Crippen LogP contribution is -2.56. The van der Waals surface area contributed by atoms with Gasteiger partial charge in [0.05, 0.1) is 18.8 Å². The maximum absolute atomic E-state index is 12.1. The summed E-state index contributed by atoms with van der Waals surface area (Å²) >= 11 is 0. The third-order valence-corrected chi connectivity index (χ3v) is 5.60. The number of carboxylic acids is 1. The first-order valence-electron chi connectivity index (χ1n) is 11.0. The minimum Gasteiger partial charge on any atom is -0.479 e. The summed E-state index contributed by atoms with van der Waals surface area (Å²) in [4.78, 5) is 36.1. The van der Waals surface area contributed by atoms with E-state index in [0.29, 0.717) is 6.61 Å². The van der Waals surface area contributed by atoms with Gasteiger partial charge in [-0.05, 0) is 65.8 Å². The Morgan fingerprint density at radius 1 is 1.13 bits per heavy atom. The van der Waals surface area contributed by atoms with Crippen LogP contribution in [0.15, 0.2) is 0 Å². The molecule has 2 fully saturated rings. The molecule has 2 atom stereocenters. The Morgan fingerprint density at radius 3 is 2.42 bits per heavy atom. The molecule has 1 aliphatic carbocycles. The van der Waals surface area contributed by atoms with E-state index in [1.807, 2.05) is 20.8 Å². The topological polar surface area (TPSA) is 126 Å². The molecule has 0 radical (unpaired) electrons. The number of ether oxygens (including phenoxy) is 3. The molecule has 0 aromatic carbocycles. The summed E-state index contributed by atoms with van der Waals surface area (Å²) in [5, 5.41) is 15.0. The zero-order valence-corrected chi connectivity index (χ0v) is 19.0. The number of carboxylic acid groups (broad SMARTS) is 1. The average Bonchev–Trinajstić information content (AvgIpc) is 2.69. The van der Waals surface area contributed by atoms with Crippen LogP contribution in [0.4, 0.5) is 9.59 Å². The third-order valence-electron chi connectivity index (χ3n) is 5.60. The number of carbonyl (C=O) groups is 3. The van der Waals surface area contributed by atoms with E-state index in [0.717, 1.165) is 45.1 Å². The molecule has 1 heterocycles. The molecular formula is C21H37N3O7. The van der Waals surface area contributed by atoms with E-state index in [1.165, 1.54) is 4.90 Å². The lowest BCUT2D eigenvalue weighted by molar-refractivity contribution is -0.140. The van der Waals surface area contributed by atoms with Crippen LogP contribution in [0.25, 0.3) is 0 Å². The van der Waals surface area contributed by atoms with Crippen molar-refractivity contribution in [3.63, 3.8) is 0 Å². The number of rotatable bonds is 7. The maximum Gasteiger partial charge on any atom is 0.410 e. The Hall–Kier alpha value is -2.07. The summed E-state index contributed by atoms with van der Waals surface area (Å²) in [6.07, 6.45) is 4.05. The van der Waals surface area contributed by atoms with Crippen molar-refractivity contribution in [2.24, 2.45) is 0 Å². The largest absolute Gasteiger partial charge is 0.479 e. The van der Waals surface area contributed by atoms with Crippen LogP contribution >= 0.6 is 0 Å². The number of piperidine rings is 1. The minimum atomic E-state index is -1.17. The number of nitrogens with one attached hydrogen (secondary N) is 2. The summed E-state index contributed by atoms with van der Waals surface area (Å²) in [7, 11) is 1.63. The fourth-order valence-electron chi connectivity index (χ4n) is 3.97. The van der Waals surface area contributed by atoms with Gasteiger partial charge in [0.2, 0.25) is 0 Å². The summed E-state index contributed by atoms with van der Waals surface area (Å²) in [5.41, 5.74) is -0.538. The van der Waals surface area contributed by atoms with Crippen molar-refractivity contribution >= 4 is 18.2 Å². The number of alkyl carbamates (subject to hydrolysis) is 1. The van der Waals surface area contributed by atoms with E-state index < -0.39 is 30.4 Å². The summed E-state index contributed by atoms with van der Waals surface area (Å²) in [5.74, 6) is -1.17. The van der Waals surface area contributed by atoms with Gasteiger partial charge in [-0.15, -0.1) is 0 Å². The summed E-state index contributed by atoms with van der Waals surface area (Å²) < 4.78 is 16.3. The highest BCUT2D eigenvalue weighted by Gasteiger charge is 2.31. The number of hydrogen-bond acceptors (Lipinski definition) is 7. The van der Waals surface area contributed by atoms with Crippen LogP contribution in [0.2, 0.25) is 0 Å². The molecule has 3 N–H and O–H groups in total. The molecule has 178 valence electrons. The van der Waals surface area contributed by atoms with Crippen molar-refractivity contribution in [3.05, 3.63) is 0 Å². The second-order valence-electron chi connectivity index (χ2n) is 9.28. The fraction of sp³-hybridized carbons (Fsp3) is 0.857. The van der Waals surface area contributed by atoms with E-state index in [9.17, 15) is 14.4 Å². The Labute approximate surface area is 184 Å². The molecule has 1 saturated heterocycles. The summed E-state index contributed by atoms with van der Waals surface area (Å²) in [6.45, 7) is 6.26. The maximum atomic E-state index is 12.1. The normalized spacial score (nSPS) is 26.6. The molecule has 0 spiro atoms. The third kappa shape index (κ3) is 8.90. The Morgan fingerprint density at radius 2 is 1.81 bits per heavy atom. The number of aliphatic carboxylic acids is 1. The zero-order valence-electron chi connectivity index (χ0n) is 19.0. The van der Waals surface area contributed by atoms with Crippen LogP contribution in [-0.2, 0) is 19.0 Å². The molecule has 10 heteroatoms. The van der Waals surface area contributed by atoms with Crippen LogP contribution in [-0.4, -0.2) is 84.8 Å². The van der Waals surface area contributed by atoms with Crippen molar-refractivity contribution < 1.29 is 33.7 Å². The predicted octanol–water partition coefficient (Wildman–Crippen LogP) is 2.11. The lowest BCUT2D eigenvalue weighted by atomic mass is 9.92. The molecule has 2 aliphatic rings. The highest BCUT2D eigenvalue weighted by Crippen LogP contribution is 2.25. The first kappa shape index (κ1) is 25.2. The molecule has 1 saturated carbocycles. The molecule has 1 aliphatic heterocycles. The first-order valence-corrected chi connectivity index (χ1v) is 11.0. The van der Waals surface area contributed by atoms with E-state index in [4.69, 9.17) is 19.3 Å². The second-order valence-corrected chi connectivity index (χ2v) is 9.28. The van der Waals surface area contributed by atoms with Gasteiger partial charge in [-0.3, -0.25) is 0 Å². The highest BCUT2D eigenvalue weighted by atomic mass is 16.6. The van der Waals surface area contributed by atoms with E-state index in [2.05, 4.69) is 10.6 Å². The number of amides is 2. The van der Waals surface area contributed by atoms with Crippen molar-refractivity contribution in [1.29, 1.82) is 0 Å². The minimum absolute atomic E-state index is 0.00975. The lowest BCUT2D eigenvalue weighted by Gasteiger charge is -2.37. The standard InChI is InChI=1S/C21H37N3O7/c1-21(2,3)31-19(27)23-16-6-5-11-22-17(16)12-29-15-9-7-14(8-10-15)24(4)20(28)30-13-18(25)26/h14-17,22H,5-13H2,1-4H3,(H,23,27)(H,25,26)/t14?,15?,16-,17-/m0/s1. The van der Waals surface area contributed by atoms with E-state index in [1.54, 1.807) is 7.05 Å². The molecule has 2 rings (SSSR count). The van der Waals surface area contributed by atoms with Gasteiger partial charge in [0.25, 0.3) is 0 Å². The number of nitrogens with zero attached hydrogens (tertiary/aromatic N) is 1. The fourth-order valence-corrected chi connectivity index (χ4v) is 3.97.